The lowest BCUT2D eigenvalue weighted by Crippen LogP contribution is -2.00. The second-order valence-electron chi connectivity index (χ2n) is 3.75. The lowest BCUT2D eigenvalue weighted by molar-refractivity contribution is 0.111. The molecule has 0 bridgehead atoms. The summed E-state index contributed by atoms with van der Waals surface area (Å²) in [6.45, 7) is 0.808. The summed E-state index contributed by atoms with van der Waals surface area (Å²) in [5, 5.41) is 0.867. The Kier molecular flexibility index (Phi) is 2.48. The second-order valence-corrected chi connectivity index (χ2v) is 4.82. The Balaban J connectivity index is 2.15. The predicted octanol–water partition coefficient (Wildman–Crippen LogP) is 2.61. The maximum Gasteiger partial charge on any atom is 0.169 e. The van der Waals surface area contributed by atoms with Crippen LogP contribution in [-0.2, 0) is 6.54 Å². The molecule has 0 saturated heterocycles. The number of aromatic nitrogens is 2. The molecule has 1 aliphatic heterocycles. The molecule has 0 amide bonds. The number of thioether (sulfide) groups is 1. The van der Waals surface area contributed by atoms with Crippen LogP contribution in [0.3, 0.4) is 0 Å². The van der Waals surface area contributed by atoms with Crippen LogP contribution in [0.4, 0.5) is 4.39 Å². The molecule has 2 heterocycles. The van der Waals surface area contributed by atoms with E-state index in [1.807, 2.05) is 4.57 Å². The summed E-state index contributed by atoms with van der Waals surface area (Å²) < 4.78 is 14.8. The van der Waals surface area contributed by atoms with Gasteiger partial charge in [0, 0.05) is 17.9 Å². The molecule has 0 N–H and O–H groups in total. The zero-order valence-electron chi connectivity index (χ0n) is 8.89. The zero-order chi connectivity index (χ0) is 11.8. The summed E-state index contributed by atoms with van der Waals surface area (Å²) in [6.07, 6.45) is 0.821. The largest absolute Gasteiger partial charge is 0.315 e. The van der Waals surface area contributed by atoms with Gasteiger partial charge in [0.2, 0.25) is 0 Å². The molecule has 0 unspecified atom stereocenters. The van der Waals surface area contributed by atoms with Crippen molar-refractivity contribution in [2.45, 2.75) is 11.7 Å². The van der Waals surface area contributed by atoms with Crippen LogP contribution in [0.2, 0.25) is 0 Å². The van der Waals surface area contributed by atoms with Crippen molar-refractivity contribution >= 4 is 18.0 Å². The van der Waals surface area contributed by atoms with Crippen LogP contribution in [0, 0.1) is 5.82 Å². The van der Waals surface area contributed by atoms with Gasteiger partial charge >= 0.3 is 0 Å². The number of rotatable bonds is 2. The van der Waals surface area contributed by atoms with E-state index in [4.69, 9.17) is 0 Å². The number of hydrogen-bond acceptors (Lipinski definition) is 3. The van der Waals surface area contributed by atoms with Gasteiger partial charge in [0.1, 0.15) is 17.2 Å². The molecule has 86 valence electrons. The van der Waals surface area contributed by atoms with E-state index in [-0.39, 0.29) is 5.82 Å². The molecule has 3 rings (SSSR count). The summed E-state index contributed by atoms with van der Waals surface area (Å²) in [4.78, 5) is 15.6. The minimum Gasteiger partial charge on any atom is -0.315 e. The van der Waals surface area contributed by atoms with Crippen molar-refractivity contribution in [2.75, 3.05) is 5.75 Å². The maximum absolute atomic E-state index is 12.8. The first kappa shape index (κ1) is 10.5. The van der Waals surface area contributed by atoms with Gasteiger partial charge in [0.25, 0.3) is 0 Å². The molecule has 17 heavy (non-hydrogen) atoms. The quantitative estimate of drug-likeness (QED) is 0.766. The monoisotopic (exact) mass is 248 g/mol. The smallest absolute Gasteiger partial charge is 0.169 e. The predicted molar refractivity (Wildman–Crippen MR) is 63.7 cm³/mol. The summed E-state index contributed by atoms with van der Waals surface area (Å²) in [7, 11) is 0. The third kappa shape index (κ3) is 1.67. The van der Waals surface area contributed by atoms with E-state index < -0.39 is 0 Å². The molecule has 1 aromatic carbocycles. The van der Waals surface area contributed by atoms with Crippen LogP contribution in [0.25, 0.3) is 11.3 Å². The van der Waals surface area contributed by atoms with Crippen LogP contribution in [0.1, 0.15) is 10.5 Å². The number of aldehydes is 1. The maximum atomic E-state index is 12.8. The Morgan fingerprint density at radius 2 is 2.12 bits per heavy atom. The van der Waals surface area contributed by atoms with E-state index in [0.717, 1.165) is 29.3 Å². The molecular weight excluding hydrogens is 239 g/mol. The number of carbonyl (C=O) groups is 1. The number of fused-ring (bicyclic) bond motifs is 1. The van der Waals surface area contributed by atoms with E-state index in [2.05, 4.69) is 4.98 Å². The average molecular weight is 248 g/mol. The van der Waals surface area contributed by atoms with E-state index in [1.54, 1.807) is 23.9 Å². The normalized spacial score (nSPS) is 13.7. The Morgan fingerprint density at radius 1 is 1.35 bits per heavy atom. The van der Waals surface area contributed by atoms with Crippen molar-refractivity contribution < 1.29 is 9.18 Å². The van der Waals surface area contributed by atoms with Crippen molar-refractivity contribution in [3.05, 3.63) is 35.8 Å². The number of halogens is 1. The first-order valence-corrected chi connectivity index (χ1v) is 6.22. The van der Waals surface area contributed by atoms with E-state index in [1.165, 1.54) is 12.1 Å². The van der Waals surface area contributed by atoms with Crippen molar-refractivity contribution in [3.8, 4) is 11.3 Å². The topological polar surface area (TPSA) is 34.9 Å². The third-order valence-corrected chi connectivity index (χ3v) is 3.70. The van der Waals surface area contributed by atoms with Gasteiger partial charge in [-0.25, -0.2) is 9.37 Å². The van der Waals surface area contributed by atoms with Gasteiger partial charge in [-0.3, -0.25) is 4.79 Å². The number of nitrogens with zero attached hydrogens (tertiary/aromatic N) is 2. The van der Waals surface area contributed by atoms with Crippen LogP contribution in [0.15, 0.2) is 29.4 Å². The van der Waals surface area contributed by atoms with Crippen LogP contribution >= 0.6 is 11.8 Å². The molecule has 0 aliphatic carbocycles. The molecular formula is C12H9FN2OS. The fraction of sp³-hybridized carbons (Fsp3) is 0.167. The van der Waals surface area contributed by atoms with Crippen molar-refractivity contribution in [3.63, 3.8) is 0 Å². The Labute approximate surface area is 102 Å². The molecule has 0 radical (unpaired) electrons. The average Bonchev–Trinajstić information content (AvgIpc) is 2.89. The van der Waals surface area contributed by atoms with Crippen LogP contribution in [-0.4, -0.2) is 21.6 Å². The van der Waals surface area contributed by atoms with Crippen molar-refractivity contribution in [1.29, 1.82) is 0 Å². The summed E-state index contributed by atoms with van der Waals surface area (Å²) in [5.74, 6) is 0.662. The Morgan fingerprint density at radius 3 is 2.82 bits per heavy atom. The summed E-state index contributed by atoms with van der Waals surface area (Å²) in [5.41, 5.74) is 2.00. The minimum absolute atomic E-state index is 0.289. The van der Waals surface area contributed by atoms with Gasteiger partial charge in [-0.15, -0.1) is 0 Å². The number of imidazole rings is 1. The highest BCUT2D eigenvalue weighted by Gasteiger charge is 2.21. The molecule has 1 aromatic heterocycles. The molecule has 0 saturated carbocycles. The minimum atomic E-state index is -0.289. The van der Waals surface area contributed by atoms with Gasteiger partial charge < -0.3 is 4.57 Å². The summed E-state index contributed by atoms with van der Waals surface area (Å²) >= 11 is 1.63. The first-order valence-electron chi connectivity index (χ1n) is 5.24. The third-order valence-electron chi connectivity index (χ3n) is 2.75. The Bertz CT molecular complexity index is 577. The van der Waals surface area contributed by atoms with Gasteiger partial charge in [-0.2, -0.15) is 0 Å². The van der Waals surface area contributed by atoms with Gasteiger partial charge in [-0.1, -0.05) is 11.8 Å². The molecule has 5 heteroatoms. The van der Waals surface area contributed by atoms with Gasteiger partial charge in [-0.05, 0) is 24.3 Å². The molecule has 2 aromatic rings. The van der Waals surface area contributed by atoms with E-state index in [0.29, 0.717) is 11.4 Å². The lowest BCUT2D eigenvalue weighted by Gasteiger charge is -2.00. The number of hydrogen-bond donors (Lipinski definition) is 0. The number of benzene rings is 1. The molecule has 0 fully saturated rings. The van der Waals surface area contributed by atoms with Crippen molar-refractivity contribution in [1.82, 2.24) is 9.55 Å². The zero-order valence-corrected chi connectivity index (χ0v) is 9.71. The highest BCUT2D eigenvalue weighted by molar-refractivity contribution is 7.99. The Hall–Kier alpha value is -1.62. The lowest BCUT2D eigenvalue weighted by atomic mass is 10.1. The molecule has 1 aliphatic rings. The van der Waals surface area contributed by atoms with Gasteiger partial charge in [0.05, 0.1) is 0 Å². The van der Waals surface area contributed by atoms with Gasteiger partial charge in [0.15, 0.2) is 11.4 Å². The molecule has 3 nitrogen and oxygen atoms in total. The summed E-state index contributed by atoms with van der Waals surface area (Å²) in [6, 6.07) is 6.04. The SMILES string of the molecule is O=Cc1c(-c2ccc(F)cc2)nc2n1CCS2. The van der Waals surface area contributed by atoms with Crippen LogP contribution < -0.4 is 0 Å². The highest BCUT2D eigenvalue weighted by Crippen LogP contribution is 2.32. The fourth-order valence-corrected chi connectivity index (χ4v) is 2.90. The first-order chi connectivity index (χ1) is 8.29. The van der Waals surface area contributed by atoms with E-state index in [9.17, 15) is 9.18 Å². The standard InChI is InChI=1S/C12H9FN2OS/c13-9-3-1-8(2-4-9)11-10(7-16)15-5-6-17-12(15)14-11/h1-4,7H,5-6H2. The molecule has 0 atom stereocenters. The van der Waals surface area contributed by atoms with E-state index >= 15 is 0 Å². The highest BCUT2D eigenvalue weighted by atomic mass is 32.2. The fourth-order valence-electron chi connectivity index (χ4n) is 1.94. The number of carbonyl (C=O) groups excluding carboxylic acids is 1. The van der Waals surface area contributed by atoms with Crippen LogP contribution in [0.5, 0.6) is 0 Å². The molecule has 0 spiro atoms. The second kappa shape index (κ2) is 4.00. The van der Waals surface area contributed by atoms with Crippen molar-refractivity contribution in [2.24, 2.45) is 0 Å².